The lowest BCUT2D eigenvalue weighted by atomic mass is 9.84. The topological polar surface area (TPSA) is 96.5 Å². The Morgan fingerprint density at radius 1 is 1.38 bits per heavy atom. The van der Waals surface area contributed by atoms with Crippen LogP contribution in [0.3, 0.4) is 0 Å². The lowest BCUT2D eigenvalue weighted by Crippen LogP contribution is -2.40. The van der Waals surface area contributed by atoms with E-state index >= 15 is 0 Å². The first-order chi connectivity index (χ1) is 11.5. The monoisotopic (exact) mass is 329 g/mol. The summed E-state index contributed by atoms with van der Waals surface area (Å²) >= 11 is 0. The zero-order valence-electron chi connectivity index (χ0n) is 13.8. The van der Waals surface area contributed by atoms with Crippen LogP contribution in [0.15, 0.2) is 24.3 Å². The van der Waals surface area contributed by atoms with E-state index in [0.717, 1.165) is 12.8 Å². The number of amides is 2. The van der Waals surface area contributed by atoms with E-state index in [1.807, 2.05) is 12.1 Å². The highest BCUT2D eigenvalue weighted by Crippen LogP contribution is 2.48. The summed E-state index contributed by atoms with van der Waals surface area (Å²) in [6.07, 6.45) is 2.99. The number of unbranched alkanes of at least 4 members (excludes halogenated alkanes) is 1. The quantitative estimate of drug-likeness (QED) is 0.492. The Kier molecular flexibility index (Phi) is 4.55. The van der Waals surface area contributed by atoms with Crippen molar-refractivity contribution in [2.75, 3.05) is 7.11 Å². The van der Waals surface area contributed by atoms with E-state index in [1.54, 1.807) is 0 Å². The van der Waals surface area contributed by atoms with Gasteiger partial charge in [-0.25, -0.2) is 9.69 Å². The Morgan fingerprint density at radius 2 is 2.12 bits per heavy atom. The molecule has 2 aliphatic rings. The van der Waals surface area contributed by atoms with Gasteiger partial charge < -0.3 is 10.5 Å². The standard InChI is InChI=1S/C18H23N3O3/c1-24-18(23)21-14-10-11-6-2-3-7-12(11)16(14)13(17(21)22)8-4-5-9-15(19)20/h2-3,6-7,13-14,16H,4-5,8-10H2,1H3,(H3,19,20)/t13-,14+,16-/m0/s1. The number of likely N-dealkylation sites (tertiary alicyclic amines) is 1. The molecular weight excluding hydrogens is 306 g/mol. The van der Waals surface area contributed by atoms with Crippen LogP contribution in [0, 0.1) is 11.3 Å². The smallest absolute Gasteiger partial charge is 0.416 e. The number of nitrogens with two attached hydrogens (primary N) is 1. The Balaban J connectivity index is 1.82. The van der Waals surface area contributed by atoms with Crippen molar-refractivity contribution in [3.05, 3.63) is 35.4 Å². The second-order valence-corrected chi connectivity index (χ2v) is 6.55. The van der Waals surface area contributed by atoms with Crippen LogP contribution in [0.5, 0.6) is 0 Å². The van der Waals surface area contributed by atoms with Crippen LogP contribution in [0.2, 0.25) is 0 Å². The lowest BCUT2D eigenvalue weighted by molar-refractivity contribution is -0.130. The summed E-state index contributed by atoms with van der Waals surface area (Å²) in [5.74, 6) is -0.114. The van der Waals surface area contributed by atoms with Gasteiger partial charge in [-0.1, -0.05) is 30.7 Å². The predicted molar refractivity (Wildman–Crippen MR) is 89.8 cm³/mol. The maximum Gasteiger partial charge on any atom is 0.416 e. The van der Waals surface area contributed by atoms with Crippen molar-refractivity contribution in [1.82, 2.24) is 4.90 Å². The van der Waals surface area contributed by atoms with E-state index < -0.39 is 6.09 Å². The molecule has 0 radical (unpaired) electrons. The first kappa shape index (κ1) is 16.5. The fraction of sp³-hybridized carbons (Fsp3) is 0.500. The maximum atomic E-state index is 12.8. The van der Waals surface area contributed by atoms with Gasteiger partial charge in [0.25, 0.3) is 0 Å². The highest BCUT2D eigenvalue weighted by Gasteiger charge is 2.54. The van der Waals surface area contributed by atoms with Gasteiger partial charge in [-0.15, -0.1) is 0 Å². The molecule has 1 saturated heterocycles. The SMILES string of the molecule is COC(=O)N1C(=O)[C@@H](CCCCC(=N)N)[C@@H]2c3ccccc3C[C@H]21. The third-order valence-electron chi connectivity index (χ3n) is 5.16. The minimum atomic E-state index is -0.561. The molecule has 6 heteroatoms. The summed E-state index contributed by atoms with van der Waals surface area (Å²) in [6, 6.07) is 7.97. The van der Waals surface area contributed by atoms with Gasteiger partial charge in [0.05, 0.1) is 19.0 Å². The molecule has 1 heterocycles. The lowest BCUT2D eigenvalue weighted by Gasteiger charge is -2.20. The van der Waals surface area contributed by atoms with E-state index in [0.29, 0.717) is 19.3 Å². The minimum absolute atomic E-state index is 0.0464. The molecule has 1 aromatic rings. The Hall–Kier alpha value is -2.37. The van der Waals surface area contributed by atoms with E-state index in [-0.39, 0.29) is 29.6 Å². The van der Waals surface area contributed by atoms with Crippen molar-refractivity contribution in [2.24, 2.45) is 11.7 Å². The number of amidine groups is 1. The number of nitrogens with one attached hydrogen (secondary N) is 1. The van der Waals surface area contributed by atoms with Crippen LogP contribution in [-0.4, -0.2) is 35.9 Å². The molecule has 1 aliphatic heterocycles. The fourth-order valence-corrected chi connectivity index (χ4v) is 4.14. The van der Waals surface area contributed by atoms with Crippen molar-refractivity contribution >= 4 is 17.8 Å². The van der Waals surface area contributed by atoms with Crippen molar-refractivity contribution in [3.63, 3.8) is 0 Å². The van der Waals surface area contributed by atoms with Gasteiger partial charge in [0.15, 0.2) is 0 Å². The Labute approximate surface area is 141 Å². The third kappa shape index (κ3) is 2.77. The van der Waals surface area contributed by atoms with Crippen LogP contribution < -0.4 is 5.73 Å². The van der Waals surface area contributed by atoms with Gasteiger partial charge in [-0.3, -0.25) is 10.2 Å². The molecule has 0 aromatic heterocycles. The first-order valence-electron chi connectivity index (χ1n) is 8.36. The van der Waals surface area contributed by atoms with Crippen molar-refractivity contribution in [3.8, 4) is 0 Å². The number of hydrogen-bond acceptors (Lipinski definition) is 4. The highest BCUT2D eigenvalue weighted by atomic mass is 16.5. The molecule has 3 atom stereocenters. The number of methoxy groups -OCH3 is 1. The zero-order valence-corrected chi connectivity index (χ0v) is 13.8. The summed E-state index contributed by atoms with van der Waals surface area (Å²) in [6.45, 7) is 0. The molecule has 0 saturated carbocycles. The minimum Gasteiger partial charge on any atom is -0.452 e. The molecule has 1 aliphatic carbocycles. The third-order valence-corrected chi connectivity index (χ3v) is 5.16. The fourth-order valence-electron chi connectivity index (χ4n) is 4.14. The summed E-state index contributed by atoms with van der Waals surface area (Å²) < 4.78 is 4.84. The maximum absolute atomic E-state index is 12.8. The number of rotatable bonds is 5. The zero-order chi connectivity index (χ0) is 17.3. The average Bonchev–Trinajstić information content (AvgIpc) is 3.05. The van der Waals surface area contributed by atoms with Crippen LogP contribution in [-0.2, 0) is 16.0 Å². The van der Waals surface area contributed by atoms with Gasteiger partial charge in [0.2, 0.25) is 5.91 Å². The van der Waals surface area contributed by atoms with E-state index in [2.05, 4.69) is 12.1 Å². The van der Waals surface area contributed by atoms with Crippen LogP contribution in [0.1, 0.15) is 42.7 Å². The second-order valence-electron chi connectivity index (χ2n) is 6.55. The molecule has 2 amide bonds. The second kappa shape index (κ2) is 6.63. The van der Waals surface area contributed by atoms with Crippen LogP contribution >= 0.6 is 0 Å². The van der Waals surface area contributed by atoms with Gasteiger partial charge in [0.1, 0.15) is 0 Å². The molecule has 1 aromatic carbocycles. The number of fused-ring (bicyclic) bond motifs is 3. The molecular formula is C18H23N3O3. The first-order valence-corrected chi connectivity index (χ1v) is 8.36. The molecule has 3 N–H and O–H groups in total. The number of ether oxygens (including phenoxy) is 1. The largest absolute Gasteiger partial charge is 0.452 e. The summed E-state index contributed by atoms with van der Waals surface area (Å²) in [5, 5.41) is 7.29. The van der Waals surface area contributed by atoms with Gasteiger partial charge in [-0.05, 0) is 30.4 Å². The van der Waals surface area contributed by atoms with E-state index in [1.165, 1.54) is 23.1 Å². The Morgan fingerprint density at radius 3 is 2.83 bits per heavy atom. The Bertz CT molecular complexity index is 673. The van der Waals surface area contributed by atoms with Gasteiger partial charge in [0, 0.05) is 18.3 Å². The number of benzene rings is 1. The average molecular weight is 329 g/mol. The van der Waals surface area contributed by atoms with Gasteiger partial charge in [-0.2, -0.15) is 0 Å². The molecule has 6 nitrogen and oxygen atoms in total. The van der Waals surface area contributed by atoms with Crippen molar-refractivity contribution < 1.29 is 14.3 Å². The van der Waals surface area contributed by atoms with E-state index in [4.69, 9.17) is 15.9 Å². The molecule has 0 bridgehead atoms. The normalized spacial score (nSPS) is 24.6. The summed E-state index contributed by atoms with van der Waals surface area (Å²) in [5.41, 5.74) is 7.78. The van der Waals surface area contributed by atoms with E-state index in [9.17, 15) is 9.59 Å². The number of carbonyl (C=O) groups excluding carboxylic acids is 2. The van der Waals surface area contributed by atoms with Crippen LogP contribution in [0.25, 0.3) is 0 Å². The highest BCUT2D eigenvalue weighted by molar-refractivity contribution is 5.97. The number of imide groups is 1. The molecule has 0 spiro atoms. The molecule has 24 heavy (non-hydrogen) atoms. The predicted octanol–water partition coefficient (Wildman–Crippen LogP) is 2.42. The van der Waals surface area contributed by atoms with Crippen molar-refractivity contribution in [1.29, 1.82) is 5.41 Å². The van der Waals surface area contributed by atoms with Crippen LogP contribution in [0.4, 0.5) is 4.79 Å². The van der Waals surface area contributed by atoms with Gasteiger partial charge >= 0.3 is 6.09 Å². The number of nitrogens with zero attached hydrogens (tertiary/aromatic N) is 1. The van der Waals surface area contributed by atoms with Crippen molar-refractivity contribution in [2.45, 2.75) is 44.1 Å². The number of hydrogen-bond donors (Lipinski definition) is 2. The molecule has 128 valence electrons. The summed E-state index contributed by atoms with van der Waals surface area (Å²) in [7, 11) is 1.31. The molecule has 0 unspecified atom stereocenters. The number of carbonyl (C=O) groups is 2. The summed E-state index contributed by atoms with van der Waals surface area (Å²) in [4.78, 5) is 26.3. The molecule has 1 fully saturated rings. The molecule has 3 rings (SSSR count).